The van der Waals surface area contributed by atoms with E-state index in [0.29, 0.717) is 5.02 Å². The molecule has 0 aliphatic rings. The van der Waals surface area contributed by atoms with E-state index in [1.54, 1.807) is 24.3 Å². The van der Waals surface area contributed by atoms with Crippen LogP contribution in [0.1, 0.15) is 26.8 Å². The normalized spacial score (nSPS) is 11.9. The third kappa shape index (κ3) is 4.61. The van der Waals surface area contributed by atoms with Gasteiger partial charge in [0, 0.05) is 9.90 Å². The molecular weight excluding hydrogens is 408 g/mol. The third-order valence-electron chi connectivity index (χ3n) is 3.96. The maximum atomic E-state index is 12.9. The summed E-state index contributed by atoms with van der Waals surface area (Å²) in [6.07, 6.45) is 0. The Morgan fingerprint density at radius 1 is 1.11 bits per heavy atom. The van der Waals surface area contributed by atoms with Crippen LogP contribution in [0.15, 0.2) is 60.0 Å². The van der Waals surface area contributed by atoms with Gasteiger partial charge in [-0.2, -0.15) is 8.78 Å². The second-order valence-electron chi connectivity index (χ2n) is 5.69. The molecule has 4 nitrogen and oxygen atoms in total. The molecule has 2 aromatic carbocycles. The first-order valence-electron chi connectivity index (χ1n) is 8.21. The van der Waals surface area contributed by atoms with Gasteiger partial charge in [0.15, 0.2) is 11.5 Å². The maximum absolute atomic E-state index is 12.9. The van der Waals surface area contributed by atoms with Gasteiger partial charge in [0.2, 0.25) is 0 Å². The first kappa shape index (κ1) is 20.1. The molecule has 146 valence electrons. The lowest BCUT2D eigenvalue weighted by Gasteiger charge is -2.20. The molecule has 1 amide bonds. The Morgan fingerprint density at radius 2 is 1.86 bits per heavy atom. The van der Waals surface area contributed by atoms with Gasteiger partial charge in [-0.3, -0.25) is 4.79 Å². The quantitative estimate of drug-likeness (QED) is 0.543. The van der Waals surface area contributed by atoms with Crippen molar-refractivity contribution >= 4 is 28.8 Å². The van der Waals surface area contributed by atoms with Crippen molar-refractivity contribution < 1.29 is 23.0 Å². The number of methoxy groups -OCH3 is 1. The number of thiophene rings is 1. The van der Waals surface area contributed by atoms with Crippen LogP contribution in [0.4, 0.5) is 8.78 Å². The summed E-state index contributed by atoms with van der Waals surface area (Å²) in [6, 6.07) is 14.7. The molecule has 1 heterocycles. The minimum absolute atomic E-state index is 0.0461. The molecule has 0 aliphatic carbocycles. The molecule has 0 aliphatic heterocycles. The lowest BCUT2D eigenvalue weighted by molar-refractivity contribution is -0.0515. The number of carbonyl (C=O) groups is 1. The average Bonchev–Trinajstić information content (AvgIpc) is 3.21. The van der Waals surface area contributed by atoms with Crippen LogP contribution in [0.2, 0.25) is 5.02 Å². The van der Waals surface area contributed by atoms with Crippen LogP contribution in [0.5, 0.6) is 11.5 Å². The summed E-state index contributed by atoms with van der Waals surface area (Å²) in [5, 5.41) is 5.34. The fraction of sp³-hybridized carbons (Fsp3) is 0.150. The summed E-state index contributed by atoms with van der Waals surface area (Å²) in [7, 11) is 1.32. The summed E-state index contributed by atoms with van der Waals surface area (Å²) >= 11 is 7.43. The number of halogens is 3. The molecule has 28 heavy (non-hydrogen) atoms. The van der Waals surface area contributed by atoms with Gasteiger partial charge in [-0.1, -0.05) is 35.9 Å². The Balaban J connectivity index is 1.96. The van der Waals surface area contributed by atoms with E-state index in [2.05, 4.69) is 10.1 Å². The predicted octanol–water partition coefficient (Wildman–Crippen LogP) is 5.53. The van der Waals surface area contributed by atoms with Crippen LogP contribution >= 0.6 is 22.9 Å². The van der Waals surface area contributed by atoms with Crippen LogP contribution in [0.25, 0.3) is 0 Å². The van der Waals surface area contributed by atoms with Crippen LogP contribution in [-0.2, 0) is 0 Å². The summed E-state index contributed by atoms with van der Waals surface area (Å²) in [5.74, 6) is -0.825. The maximum Gasteiger partial charge on any atom is 0.387 e. The molecule has 1 N–H and O–H groups in total. The zero-order valence-corrected chi connectivity index (χ0v) is 16.3. The number of carbonyl (C=O) groups excluding carboxylic acids is 1. The summed E-state index contributed by atoms with van der Waals surface area (Å²) in [5.41, 5.74) is 0.759. The smallest absolute Gasteiger partial charge is 0.387 e. The van der Waals surface area contributed by atoms with Crippen molar-refractivity contribution in [3.05, 3.63) is 81.0 Å². The number of rotatable bonds is 7. The Bertz CT molecular complexity index is 933. The molecule has 0 bridgehead atoms. The van der Waals surface area contributed by atoms with Crippen LogP contribution in [0, 0.1) is 0 Å². The first-order chi connectivity index (χ1) is 13.5. The summed E-state index contributed by atoms with van der Waals surface area (Å²) in [6.45, 7) is -3.09. The van der Waals surface area contributed by atoms with E-state index in [1.165, 1.54) is 36.6 Å². The molecule has 0 spiro atoms. The van der Waals surface area contributed by atoms with Crippen LogP contribution in [-0.4, -0.2) is 19.6 Å². The molecule has 1 aromatic heterocycles. The molecule has 0 saturated carbocycles. The molecule has 3 aromatic rings. The van der Waals surface area contributed by atoms with Crippen molar-refractivity contribution in [2.75, 3.05) is 7.11 Å². The van der Waals surface area contributed by atoms with Crippen molar-refractivity contribution in [1.29, 1.82) is 0 Å². The van der Waals surface area contributed by atoms with Crippen molar-refractivity contribution in [2.45, 2.75) is 12.7 Å². The highest BCUT2D eigenvalue weighted by molar-refractivity contribution is 7.10. The highest BCUT2D eigenvalue weighted by atomic mass is 35.5. The van der Waals surface area contributed by atoms with E-state index in [4.69, 9.17) is 16.3 Å². The minimum atomic E-state index is -3.09. The van der Waals surface area contributed by atoms with E-state index in [-0.39, 0.29) is 17.1 Å². The Labute approximate surface area is 169 Å². The first-order valence-corrected chi connectivity index (χ1v) is 9.47. The summed E-state index contributed by atoms with van der Waals surface area (Å²) < 4.78 is 35.3. The van der Waals surface area contributed by atoms with E-state index in [1.807, 2.05) is 17.5 Å². The predicted molar refractivity (Wildman–Crippen MR) is 105 cm³/mol. The zero-order valence-electron chi connectivity index (χ0n) is 14.7. The van der Waals surface area contributed by atoms with Crippen molar-refractivity contribution in [3.63, 3.8) is 0 Å². The van der Waals surface area contributed by atoms with Gasteiger partial charge in [-0.25, -0.2) is 0 Å². The highest BCUT2D eigenvalue weighted by Crippen LogP contribution is 2.34. The third-order valence-corrected chi connectivity index (χ3v) is 5.15. The number of hydrogen-bond donors (Lipinski definition) is 1. The highest BCUT2D eigenvalue weighted by Gasteiger charge is 2.24. The SMILES string of the molecule is COc1cccc(C(=O)NC(c2ccc(Cl)cc2)c2cccs2)c1OC(F)F. The van der Waals surface area contributed by atoms with E-state index >= 15 is 0 Å². The minimum Gasteiger partial charge on any atom is -0.493 e. The van der Waals surface area contributed by atoms with Gasteiger partial charge in [0.05, 0.1) is 18.7 Å². The van der Waals surface area contributed by atoms with Gasteiger partial charge in [-0.05, 0) is 41.3 Å². The van der Waals surface area contributed by atoms with Crippen molar-refractivity contribution in [3.8, 4) is 11.5 Å². The van der Waals surface area contributed by atoms with Gasteiger partial charge in [0.25, 0.3) is 5.91 Å². The summed E-state index contributed by atoms with van der Waals surface area (Å²) in [4.78, 5) is 13.8. The van der Waals surface area contributed by atoms with E-state index in [0.717, 1.165) is 10.4 Å². The van der Waals surface area contributed by atoms with Gasteiger partial charge in [0.1, 0.15) is 0 Å². The molecule has 0 fully saturated rings. The molecule has 0 saturated heterocycles. The largest absolute Gasteiger partial charge is 0.493 e. The average molecular weight is 424 g/mol. The molecule has 1 unspecified atom stereocenters. The molecule has 3 rings (SSSR count). The van der Waals surface area contributed by atoms with E-state index in [9.17, 15) is 13.6 Å². The Morgan fingerprint density at radius 3 is 2.46 bits per heavy atom. The zero-order chi connectivity index (χ0) is 20.1. The fourth-order valence-corrected chi connectivity index (χ4v) is 3.63. The number of nitrogens with one attached hydrogen (secondary N) is 1. The van der Waals surface area contributed by atoms with Gasteiger partial charge >= 0.3 is 6.61 Å². The van der Waals surface area contributed by atoms with Gasteiger partial charge < -0.3 is 14.8 Å². The second-order valence-corrected chi connectivity index (χ2v) is 7.10. The lowest BCUT2D eigenvalue weighted by atomic mass is 10.0. The fourth-order valence-electron chi connectivity index (χ4n) is 2.70. The van der Waals surface area contributed by atoms with Crippen molar-refractivity contribution in [1.82, 2.24) is 5.32 Å². The number of para-hydroxylation sites is 1. The molecular formula is C20H16ClF2NO3S. The number of hydrogen-bond acceptors (Lipinski definition) is 4. The van der Waals surface area contributed by atoms with E-state index < -0.39 is 18.6 Å². The Hall–Kier alpha value is -2.64. The van der Waals surface area contributed by atoms with Crippen molar-refractivity contribution in [2.24, 2.45) is 0 Å². The molecule has 8 heteroatoms. The van der Waals surface area contributed by atoms with Gasteiger partial charge in [-0.15, -0.1) is 11.3 Å². The monoisotopic (exact) mass is 423 g/mol. The second kappa shape index (κ2) is 9.03. The Kier molecular flexibility index (Phi) is 6.49. The standard InChI is InChI=1S/C20H16ClF2NO3S/c1-26-15-5-2-4-14(18(15)27-20(22)23)19(25)24-17(16-6-3-11-28-16)12-7-9-13(21)10-8-12/h2-11,17,20H,1H3,(H,24,25). The topological polar surface area (TPSA) is 47.6 Å². The molecule has 0 radical (unpaired) electrons. The number of benzene rings is 2. The number of ether oxygens (including phenoxy) is 2. The number of amides is 1. The lowest BCUT2D eigenvalue weighted by Crippen LogP contribution is -2.29. The van der Waals surface area contributed by atoms with Crippen LogP contribution < -0.4 is 14.8 Å². The molecule has 1 atom stereocenters. The van der Waals surface area contributed by atoms with Crippen LogP contribution in [0.3, 0.4) is 0 Å². The number of alkyl halides is 2.